The van der Waals surface area contributed by atoms with E-state index in [-0.39, 0.29) is 5.91 Å². The number of rotatable bonds is 14. The van der Waals surface area contributed by atoms with Crippen LogP contribution in [0.25, 0.3) is 22.5 Å². The van der Waals surface area contributed by atoms with Crippen molar-refractivity contribution in [2.24, 2.45) is 0 Å². The molecule has 0 aliphatic heterocycles. The number of unbranched alkanes of at least 4 members (excludes halogenated alkanes) is 2. The number of carbonyl (C=O) groups excluding carboxylic acids is 1. The zero-order valence-electron chi connectivity index (χ0n) is 18.8. The fourth-order valence-electron chi connectivity index (χ4n) is 3.29. The molecule has 0 saturated carbocycles. The average Bonchev–Trinajstić information content (AvgIpc) is 3.26. The number of benzene rings is 2. The number of nitrogens with zero attached hydrogens (tertiary/aromatic N) is 1. The molecule has 0 aliphatic carbocycles. The smallest absolute Gasteiger partial charge is 0.220 e. The summed E-state index contributed by atoms with van der Waals surface area (Å²) >= 11 is 1.71. The summed E-state index contributed by atoms with van der Waals surface area (Å²) in [6.07, 6.45) is 4.59. The number of aromatic amines is 1. The largest absolute Gasteiger partial charge is 0.380 e. The molecule has 3 rings (SSSR count). The molecule has 2 aromatic carbocycles. The van der Waals surface area contributed by atoms with Crippen LogP contribution in [0.5, 0.6) is 0 Å². The molecule has 0 bridgehead atoms. The van der Waals surface area contributed by atoms with Crippen LogP contribution in [0.4, 0.5) is 0 Å². The number of nitrogens with one attached hydrogen (secondary N) is 2. The summed E-state index contributed by atoms with van der Waals surface area (Å²) in [7, 11) is 0. The van der Waals surface area contributed by atoms with Crippen molar-refractivity contribution in [3.8, 4) is 22.5 Å². The number of aromatic nitrogens is 2. The molecule has 0 spiro atoms. The van der Waals surface area contributed by atoms with Crippen LogP contribution in [-0.2, 0) is 9.53 Å². The number of H-pyrrole nitrogens is 1. The molecule has 6 heteroatoms. The second-order valence-corrected chi connectivity index (χ2v) is 8.70. The molecule has 3 aromatic rings. The van der Waals surface area contributed by atoms with Crippen LogP contribution in [-0.4, -0.2) is 41.4 Å². The lowest BCUT2D eigenvalue weighted by molar-refractivity contribution is -0.121. The van der Waals surface area contributed by atoms with Gasteiger partial charge >= 0.3 is 0 Å². The Kier molecular flexibility index (Phi) is 10.4. The Hall–Kier alpha value is -2.57. The third-order valence-corrected chi connectivity index (χ3v) is 6.00. The van der Waals surface area contributed by atoms with Gasteiger partial charge in [-0.2, -0.15) is 0 Å². The van der Waals surface area contributed by atoms with E-state index in [0.717, 1.165) is 65.7 Å². The van der Waals surface area contributed by atoms with Gasteiger partial charge in [0, 0.05) is 36.5 Å². The van der Waals surface area contributed by atoms with Crippen LogP contribution < -0.4 is 5.32 Å². The molecule has 170 valence electrons. The molecule has 0 atom stereocenters. The van der Waals surface area contributed by atoms with Gasteiger partial charge in [0.2, 0.25) is 5.91 Å². The minimum absolute atomic E-state index is 0.102. The van der Waals surface area contributed by atoms with Gasteiger partial charge in [-0.3, -0.25) is 4.79 Å². The van der Waals surface area contributed by atoms with Gasteiger partial charge in [0.05, 0.1) is 18.0 Å². The lowest BCUT2D eigenvalue weighted by Gasteiger charge is -2.06. The van der Waals surface area contributed by atoms with Gasteiger partial charge in [0.15, 0.2) is 5.16 Å². The monoisotopic (exact) mass is 451 g/mol. The van der Waals surface area contributed by atoms with Crippen LogP contribution in [0, 0.1) is 0 Å². The van der Waals surface area contributed by atoms with E-state index in [1.165, 1.54) is 0 Å². The summed E-state index contributed by atoms with van der Waals surface area (Å²) in [4.78, 5) is 20.3. The molecule has 0 aliphatic rings. The van der Waals surface area contributed by atoms with Gasteiger partial charge in [-0.15, -0.1) is 0 Å². The zero-order valence-corrected chi connectivity index (χ0v) is 19.6. The lowest BCUT2D eigenvalue weighted by Crippen LogP contribution is -2.27. The van der Waals surface area contributed by atoms with Crippen LogP contribution in [0.1, 0.15) is 39.0 Å². The number of imidazole rings is 1. The van der Waals surface area contributed by atoms with Gasteiger partial charge in [-0.25, -0.2) is 4.98 Å². The van der Waals surface area contributed by atoms with Crippen molar-refractivity contribution in [1.29, 1.82) is 0 Å². The van der Waals surface area contributed by atoms with Gasteiger partial charge < -0.3 is 15.0 Å². The molecular formula is C26H33N3O2S. The van der Waals surface area contributed by atoms with Crippen molar-refractivity contribution < 1.29 is 9.53 Å². The maximum absolute atomic E-state index is 11.9. The Morgan fingerprint density at radius 2 is 1.69 bits per heavy atom. The summed E-state index contributed by atoms with van der Waals surface area (Å²) in [5, 5.41) is 3.84. The predicted molar refractivity (Wildman–Crippen MR) is 133 cm³/mol. The molecule has 32 heavy (non-hydrogen) atoms. The van der Waals surface area contributed by atoms with Crippen molar-refractivity contribution in [2.75, 3.05) is 25.5 Å². The van der Waals surface area contributed by atoms with Crippen LogP contribution >= 0.6 is 11.8 Å². The van der Waals surface area contributed by atoms with Crippen LogP contribution in [0.2, 0.25) is 0 Å². The molecular weight excluding hydrogens is 418 g/mol. The maximum Gasteiger partial charge on any atom is 0.220 e. The maximum atomic E-state index is 11.9. The Labute approximate surface area is 195 Å². The van der Waals surface area contributed by atoms with Crippen molar-refractivity contribution in [3.05, 3.63) is 60.7 Å². The molecule has 0 unspecified atom stereocenters. The highest BCUT2D eigenvalue weighted by atomic mass is 32.2. The van der Waals surface area contributed by atoms with Gasteiger partial charge in [-0.1, -0.05) is 85.8 Å². The van der Waals surface area contributed by atoms with E-state index in [1.54, 1.807) is 11.8 Å². The van der Waals surface area contributed by atoms with E-state index in [0.29, 0.717) is 19.6 Å². The van der Waals surface area contributed by atoms with Crippen molar-refractivity contribution in [3.63, 3.8) is 0 Å². The third kappa shape index (κ3) is 7.84. The Morgan fingerprint density at radius 3 is 2.41 bits per heavy atom. The minimum Gasteiger partial charge on any atom is -0.380 e. The molecule has 0 fully saturated rings. The topological polar surface area (TPSA) is 67.0 Å². The first-order valence-electron chi connectivity index (χ1n) is 11.5. The zero-order chi connectivity index (χ0) is 22.4. The van der Waals surface area contributed by atoms with Crippen molar-refractivity contribution in [1.82, 2.24) is 15.3 Å². The van der Waals surface area contributed by atoms with Crippen LogP contribution in [0.15, 0.2) is 65.8 Å². The number of hydrogen-bond acceptors (Lipinski definition) is 4. The number of thioether (sulfide) groups is 1. The highest BCUT2D eigenvalue weighted by Crippen LogP contribution is 2.32. The summed E-state index contributed by atoms with van der Waals surface area (Å²) in [5.74, 6) is 1.02. The number of ether oxygens (including phenoxy) is 1. The van der Waals surface area contributed by atoms with E-state index in [2.05, 4.69) is 41.5 Å². The van der Waals surface area contributed by atoms with Crippen molar-refractivity contribution >= 4 is 17.7 Å². The lowest BCUT2D eigenvalue weighted by atomic mass is 10.1. The first-order chi connectivity index (χ1) is 15.8. The predicted octanol–water partition coefficient (Wildman–Crippen LogP) is 5.94. The summed E-state index contributed by atoms with van der Waals surface area (Å²) < 4.78 is 5.46. The summed E-state index contributed by atoms with van der Waals surface area (Å²) in [5.41, 5.74) is 4.24. The number of hydrogen-bond donors (Lipinski definition) is 2. The Bertz CT molecular complexity index is 872. The highest BCUT2D eigenvalue weighted by Gasteiger charge is 2.14. The molecule has 1 amide bonds. The first-order valence-corrected chi connectivity index (χ1v) is 12.4. The van der Waals surface area contributed by atoms with Crippen LogP contribution in [0.3, 0.4) is 0 Å². The average molecular weight is 452 g/mol. The molecule has 1 aromatic heterocycles. The fourth-order valence-corrected chi connectivity index (χ4v) is 4.17. The third-order valence-electron chi connectivity index (χ3n) is 5.04. The van der Waals surface area contributed by atoms with Crippen molar-refractivity contribution in [2.45, 2.75) is 44.2 Å². The van der Waals surface area contributed by atoms with E-state index < -0.39 is 0 Å². The molecule has 2 N–H and O–H groups in total. The number of carbonyl (C=O) groups is 1. The number of amides is 1. The van der Waals surface area contributed by atoms with E-state index in [4.69, 9.17) is 9.72 Å². The normalized spacial score (nSPS) is 10.9. The molecule has 0 radical (unpaired) electrons. The summed E-state index contributed by atoms with van der Waals surface area (Å²) in [6, 6.07) is 20.6. The van der Waals surface area contributed by atoms with Gasteiger partial charge in [0.1, 0.15) is 0 Å². The second-order valence-electron chi connectivity index (χ2n) is 7.62. The fraction of sp³-hybridized carbons (Fsp3) is 0.385. The summed E-state index contributed by atoms with van der Waals surface area (Å²) in [6.45, 7) is 4.09. The molecule has 0 saturated heterocycles. The van der Waals surface area contributed by atoms with E-state index in [9.17, 15) is 4.79 Å². The standard InChI is InChI=1S/C26H33N3O2S/c1-2-3-18-31-19-17-27-23(30)16-10-11-20-32-26-28-24(21-12-6-4-7-13-21)25(29-26)22-14-8-5-9-15-22/h4-9,12-15H,2-3,10-11,16-20H2,1H3,(H,27,30)(H,28,29). The SMILES string of the molecule is CCCCOCCNC(=O)CCCCSc1nc(-c2ccccc2)c(-c2ccccc2)[nH]1. The Morgan fingerprint density at radius 1 is 0.969 bits per heavy atom. The highest BCUT2D eigenvalue weighted by molar-refractivity contribution is 7.99. The van der Waals surface area contributed by atoms with Gasteiger partial charge in [0.25, 0.3) is 0 Å². The quantitative estimate of drug-likeness (QED) is 0.235. The molecule has 1 heterocycles. The minimum atomic E-state index is 0.102. The second kappa shape index (κ2) is 13.8. The Balaban J connectivity index is 1.45. The molecule has 5 nitrogen and oxygen atoms in total. The first kappa shape index (κ1) is 24.1. The van der Waals surface area contributed by atoms with Gasteiger partial charge in [-0.05, 0) is 19.3 Å². The van der Waals surface area contributed by atoms with E-state index in [1.807, 2.05) is 36.4 Å². The van der Waals surface area contributed by atoms with E-state index >= 15 is 0 Å².